The molecule has 0 saturated carbocycles. The zero-order valence-corrected chi connectivity index (χ0v) is 10.1. The lowest BCUT2D eigenvalue weighted by molar-refractivity contribution is 0.158. The number of hydrogen-bond acceptors (Lipinski definition) is 4. The van der Waals surface area contributed by atoms with Crippen LogP contribution in [0.1, 0.15) is 18.7 Å². The molecule has 1 fully saturated rings. The summed E-state index contributed by atoms with van der Waals surface area (Å²) in [5.41, 5.74) is 0.0457. The Morgan fingerprint density at radius 1 is 1.40 bits per heavy atom. The third-order valence-corrected chi connectivity index (χ3v) is 3.33. The average Bonchev–Trinajstić information content (AvgIpc) is 2.73. The normalized spacial score (nSPS) is 16.0. The number of anilines is 1. The lowest BCUT2D eigenvalue weighted by atomic mass is 10.4. The van der Waals surface area contributed by atoms with Crippen molar-refractivity contribution in [3.63, 3.8) is 0 Å². The van der Waals surface area contributed by atoms with Crippen molar-refractivity contribution < 1.29 is 5.21 Å². The fraction of sp³-hybridized carbons (Fsp3) is 0.556. The second-order valence-electron chi connectivity index (χ2n) is 3.65. The van der Waals surface area contributed by atoms with Crippen molar-refractivity contribution in [2.45, 2.75) is 19.8 Å². The van der Waals surface area contributed by atoms with Gasteiger partial charge in [-0.1, -0.05) is 0 Å². The molecule has 0 aromatic carbocycles. The van der Waals surface area contributed by atoms with Crippen LogP contribution in [0.4, 0.5) is 5.82 Å². The molecule has 0 unspecified atom stereocenters. The second kappa shape index (κ2) is 3.84. The van der Waals surface area contributed by atoms with Gasteiger partial charge in [0, 0.05) is 13.1 Å². The molecule has 0 spiro atoms. The van der Waals surface area contributed by atoms with Gasteiger partial charge in [-0.15, -0.1) is 0 Å². The van der Waals surface area contributed by atoms with Gasteiger partial charge in [0.25, 0.3) is 0 Å². The van der Waals surface area contributed by atoms with E-state index in [2.05, 4.69) is 25.8 Å². The Morgan fingerprint density at radius 2 is 2.00 bits per heavy atom. The highest BCUT2D eigenvalue weighted by Gasteiger charge is 2.19. The van der Waals surface area contributed by atoms with Gasteiger partial charge in [-0.2, -0.15) is 4.73 Å². The highest BCUT2D eigenvalue weighted by atomic mass is 79.9. The summed E-state index contributed by atoms with van der Waals surface area (Å²) < 4.78 is 1.33. The van der Waals surface area contributed by atoms with Crippen LogP contribution < -0.4 is 10.4 Å². The Labute approximate surface area is 96.0 Å². The van der Waals surface area contributed by atoms with Crippen molar-refractivity contribution in [1.29, 1.82) is 5.41 Å². The van der Waals surface area contributed by atoms with E-state index in [1.54, 1.807) is 6.92 Å². The van der Waals surface area contributed by atoms with Gasteiger partial charge in [-0.3, -0.25) is 5.41 Å². The monoisotopic (exact) mass is 272 g/mol. The van der Waals surface area contributed by atoms with Crippen molar-refractivity contribution in [1.82, 2.24) is 9.71 Å². The van der Waals surface area contributed by atoms with Crippen molar-refractivity contribution >= 4 is 21.7 Å². The molecule has 2 N–H and O–H groups in total. The Kier molecular flexibility index (Phi) is 2.68. The zero-order chi connectivity index (χ0) is 11.0. The third-order valence-electron chi connectivity index (χ3n) is 2.60. The first kappa shape index (κ1) is 10.5. The van der Waals surface area contributed by atoms with Crippen LogP contribution in [0.2, 0.25) is 0 Å². The van der Waals surface area contributed by atoms with Crippen LogP contribution in [0.5, 0.6) is 0 Å². The molecule has 2 heterocycles. The minimum atomic E-state index is 0.0457. The maximum atomic E-state index is 9.47. The first-order chi connectivity index (χ1) is 7.11. The predicted molar refractivity (Wildman–Crippen MR) is 59.2 cm³/mol. The van der Waals surface area contributed by atoms with Crippen LogP contribution >= 0.6 is 15.9 Å². The number of hydrogen-bond donors (Lipinski definition) is 2. The van der Waals surface area contributed by atoms with Crippen molar-refractivity contribution in [2.24, 2.45) is 0 Å². The van der Waals surface area contributed by atoms with E-state index >= 15 is 0 Å². The minimum absolute atomic E-state index is 0.0457. The Morgan fingerprint density at radius 3 is 2.60 bits per heavy atom. The van der Waals surface area contributed by atoms with E-state index < -0.39 is 0 Å². The SMILES string of the molecule is Cc1nc(N2CCCC2)c(Br)c(=N)n1O. The summed E-state index contributed by atoms with van der Waals surface area (Å²) in [6.45, 7) is 3.63. The van der Waals surface area contributed by atoms with Crippen LogP contribution in [0.25, 0.3) is 0 Å². The molecule has 2 rings (SSSR count). The van der Waals surface area contributed by atoms with Crippen molar-refractivity contribution in [3.8, 4) is 0 Å². The quantitative estimate of drug-likeness (QED) is 0.757. The summed E-state index contributed by atoms with van der Waals surface area (Å²) in [5, 5.41) is 17.2. The highest BCUT2D eigenvalue weighted by Crippen LogP contribution is 2.23. The molecule has 1 aromatic rings. The minimum Gasteiger partial charge on any atom is -0.425 e. The molecule has 0 atom stereocenters. The molecule has 0 radical (unpaired) electrons. The molecule has 0 amide bonds. The van der Waals surface area contributed by atoms with Gasteiger partial charge in [0.2, 0.25) is 0 Å². The lowest BCUT2D eigenvalue weighted by Gasteiger charge is -2.19. The van der Waals surface area contributed by atoms with Gasteiger partial charge < -0.3 is 10.1 Å². The highest BCUT2D eigenvalue weighted by molar-refractivity contribution is 9.10. The summed E-state index contributed by atoms with van der Waals surface area (Å²) in [7, 11) is 0. The second-order valence-corrected chi connectivity index (χ2v) is 4.44. The molecule has 6 heteroatoms. The molecular weight excluding hydrogens is 260 g/mol. The van der Waals surface area contributed by atoms with Gasteiger partial charge in [0.15, 0.2) is 5.49 Å². The maximum Gasteiger partial charge on any atom is 0.180 e. The van der Waals surface area contributed by atoms with E-state index in [0.29, 0.717) is 10.3 Å². The van der Waals surface area contributed by atoms with Gasteiger partial charge in [0.1, 0.15) is 16.1 Å². The molecule has 1 aromatic heterocycles. The van der Waals surface area contributed by atoms with E-state index in [9.17, 15) is 5.21 Å². The van der Waals surface area contributed by atoms with Crippen molar-refractivity contribution in [2.75, 3.05) is 18.0 Å². The van der Waals surface area contributed by atoms with Gasteiger partial charge in [0.05, 0.1) is 0 Å². The Bertz CT molecular complexity index is 436. The van der Waals surface area contributed by atoms with E-state index in [0.717, 1.165) is 36.5 Å². The molecule has 0 aliphatic carbocycles. The van der Waals surface area contributed by atoms with Gasteiger partial charge in [-0.05, 0) is 35.7 Å². The summed E-state index contributed by atoms with van der Waals surface area (Å²) in [6, 6.07) is 0. The maximum absolute atomic E-state index is 9.47. The zero-order valence-electron chi connectivity index (χ0n) is 8.50. The molecule has 0 bridgehead atoms. The largest absolute Gasteiger partial charge is 0.425 e. The van der Waals surface area contributed by atoms with Crippen LogP contribution in [0.15, 0.2) is 4.47 Å². The number of nitrogens with zero attached hydrogens (tertiary/aromatic N) is 3. The molecular formula is C9H13BrN4O. The summed E-state index contributed by atoms with van der Waals surface area (Å²) in [4.78, 5) is 6.42. The fourth-order valence-electron chi connectivity index (χ4n) is 1.75. The Hall–Kier alpha value is -1.04. The molecule has 82 valence electrons. The molecule has 1 saturated heterocycles. The van der Waals surface area contributed by atoms with Crippen LogP contribution in [0, 0.1) is 12.3 Å². The van der Waals surface area contributed by atoms with Crippen LogP contribution in [0.3, 0.4) is 0 Å². The van der Waals surface area contributed by atoms with E-state index in [1.165, 1.54) is 0 Å². The predicted octanol–water partition coefficient (Wildman–Crippen LogP) is 1.27. The first-order valence-electron chi connectivity index (χ1n) is 4.89. The molecule has 1 aliphatic heterocycles. The van der Waals surface area contributed by atoms with Crippen LogP contribution in [-0.4, -0.2) is 28.0 Å². The smallest absolute Gasteiger partial charge is 0.180 e. The first-order valence-corrected chi connectivity index (χ1v) is 5.68. The van der Waals surface area contributed by atoms with E-state index in [1.807, 2.05) is 0 Å². The summed E-state index contributed by atoms with van der Waals surface area (Å²) >= 11 is 3.30. The number of halogens is 1. The summed E-state index contributed by atoms with van der Waals surface area (Å²) in [5.74, 6) is 1.20. The standard InChI is InChI=1S/C9H13BrN4O/c1-6-12-9(13-4-2-3-5-13)7(10)8(11)14(6)15/h11,15H,2-5H2,1H3. The fourth-order valence-corrected chi connectivity index (χ4v) is 2.26. The summed E-state index contributed by atoms with van der Waals surface area (Å²) in [6.07, 6.45) is 2.32. The number of rotatable bonds is 1. The molecule has 5 nitrogen and oxygen atoms in total. The number of nitrogens with one attached hydrogen (secondary N) is 1. The third kappa shape index (κ3) is 1.73. The topological polar surface area (TPSA) is 65.1 Å². The van der Waals surface area contributed by atoms with Gasteiger partial charge in [-0.25, -0.2) is 4.98 Å². The van der Waals surface area contributed by atoms with Crippen molar-refractivity contribution in [3.05, 3.63) is 15.8 Å². The Balaban J connectivity index is 2.52. The van der Waals surface area contributed by atoms with Gasteiger partial charge >= 0.3 is 0 Å². The number of aryl methyl sites for hydroxylation is 1. The average molecular weight is 273 g/mol. The number of aromatic nitrogens is 2. The van der Waals surface area contributed by atoms with E-state index in [-0.39, 0.29) is 5.49 Å². The lowest BCUT2D eigenvalue weighted by Crippen LogP contribution is -2.28. The van der Waals surface area contributed by atoms with Crippen LogP contribution in [-0.2, 0) is 0 Å². The van der Waals surface area contributed by atoms with E-state index in [4.69, 9.17) is 5.41 Å². The molecule has 15 heavy (non-hydrogen) atoms. The molecule has 1 aliphatic rings.